The Labute approximate surface area is 146 Å². The first-order chi connectivity index (χ1) is 12.1. The molecule has 0 fully saturated rings. The molecule has 0 spiro atoms. The zero-order valence-electron chi connectivity index (χ0n) is 14.6. The van der Waals surface area contributed by atoms with Crippen molar-refractivity contribution in [1.82, 2.24) is 9.55 Å². The third-order valence-corrected chi connectivity index (χ3v) is 4.11. The molecule has 2 aromatic carbocycles. The van der Waals surface area contributed by atoms with Gasteiger partial charge in [0.15, 0.2) is 11.5 Å². The molecule has 25 heavy (non-hydrogen) atoms. The van der Waals surface area contributed by atoms with E-state index in [9.17, 15) is 4.79 Å². The lowest BCUT2D eigenvalue weighted by Gasteiger charge is -2.11. The van der Waals surface area contributed by atoms with Crippen LogP contribution in [-0.4, -0.2) is 30.3 Å². The minimum Gasteiger partial charge on any atom is -0.493 e. The van der Waals surface area contributed by atoms with Crippen LogP contribution in [0.3, 0.4) is 0 Å². The summed E-state index contributed by atoms with van der Waals surface area (Å²) >= 11 is 0. The van der Waals surface area contributed by atoms with Crippen molar-refractivity contribution in [2.24, 2.45) is 7.05 Å². The molecule has 0 saturated carbocycles. The second-order valence-corrected chi connectivity index (χ2v) is 5.76. The molecular formula is C19H21N3O3. The number of methoxy groups -OCH3 is 2. The predicted octanol–water partition coefficient (Wildman–Crippen LogP) is 2.61. The number of aryl methyl sites for hydroxylation is 1. The number of rotatable bonds is 6. The van der Waals surface area contributed by atoms with Gasteiger partial charge >= 0.3 is 0 Å². The number of anilines is 1. The van der Waals surface area contributed by atoms with Crippen LogP contribution >= 0.6 is 0 Å². The minimum atomic E-state index is -0.0476. The van der Waals surface area contributed by atoms with Crippen LogP contribution in [-0.2, 0) is 13.5 Å². The number of aromatic nitrogens is 2. The van der Waals surface area contributed by atoms with E-state index in [1.807, 2.05) is 36.4 Å². The quantitative estimate of drug-likeness (QED) is 0.748. The Morgan fingerprint density at radius 3 is 2.64 bits per heavy atom. The van der Waals surface area contributed by atoms with Crippen LogP contribution in [0.25, 0.3) is 10.9 Å². The van der Waals surface area contributed by atoms with Crippen molar-refractivity contribution >= 4 is 16.6 Å². The first-order valence-corrected chi connectivity index (χ1v) is 8.02. The van der Waals surface area contributed by atoms with Crippen LogP contribution in [0.5, 0.6) is 11.5 Å². The molecule has 1 N–H and O–H groups in total. The van der Waals surface area contributed by atoms with Crippen molar-refractivity contribution < 1.29 is 9.47 Å². The molecule has 0 saturated heterocycles. The Morgan fingerprint density at radius 2 is 1.88 bits per heavy atom. The molecule has 0 amide bonds. The summed E-state index contributed by atoms with van der Waals surface area (Å²) in [7, 11) is 4.95. The SMILES string of the molecule is COc1ccc(CCNc2ccc3ncn(C)c(=O)c3c2)cc1OC. The number of nitrogens with one attached hydrogen (secondary N) is 1. The highest BCUT2D eigenvalue weighted by molar-refractivity contribution is 5.81. The molecule has 0 bridgehead atoms. The number of nitrogens with zero attached hydrogens (tertiary/aromatic N) is 2. The number of ether oxygens (including phenoxy) is 2. The van der Waals surface area contributed by atoms with Crippen molar-refractivity contribution in [2.45, 2.75) is 6.42 Å². The Kier molecular flexibility index (Phi) is 4.88. The van der Waals surface area contributed by atoms with Gasteiger partial charge in [-0.1, -0.05) is 6.07 Å². The van der Waals surface area contributed by atoms with Crippen LogP contribution in [0.1, 0.15) is 5.56 Å². The number of hydrogen-bond acceptors (Lipinski definition) is 5. The smallest absolute Gasteiger partial charge is 0.260 e. The van der Waals surface area contributed by atoms with E-state index in [1.54, 1.807) is 21.3 Å². The molecule has 0 radical (unpaired) electrons. The molecule has 3 aromatic rings. The van der Waals surface area contributed by atoms with Crippen LogP contribution in [0.4, 0.5) is 5.69 Å². The van der Waals surface area contributed by atoms with E-state index >= 15 is 0 Å². The molecule has 6 heteroatoms. The molecule has 1 aromatic heterocycles. The summed E-state index contributed by atoms with van der Waals surface area (Å²) in [6.07, 6.45) is 2.36. The highest BCUT2D eigenvalue weighted by Crippen LogP contribution is 2.27. The van der Waals surface area contributed by atoms with Gasteiger partial charge in [0.1, 0.15) is 0 Å². The maximum Gasteiger partial charge on any atom is 0.260 e. The summed E-state index contributed by atoms with van der Waals surface area (Å²) < 4.78 is 12.1. The van der Waals surface area contributed by atoms with E-state index < -0.39 is 0 Å². The molecule has 0 atom stereocenters. The molecule has 0 aliphatic carbocycles. The fourth-order valence-electron chi connectivity index (χ4n) is 2.71. The molecule has 0 unspecified atom stereocenters. The Morgan fingerprint density at radius 1 is 1.08 bits per heavy atom. The summed E-state index contributed by atoms with van der Waals surface area (Å²) in [5.74, 6) is 1.44. The van der Waals surface area contributed by atoms with E-state index in [-0.39, 0.29) is 5.56 Å². The molecule has 0 aliphatic rings. The van der Waals surface area contributed by atoms with Gasteiger partial charge in [-0.15, -0.1) is 0 Å². The molecule has 6 nitrogen and oxygen atoms in total. The van der Waals surface area contributed by atoms with Gasteiger partial charge in [-0.2, -0.15) is 0 Å². The monoisotopic (exact) mass is 339 g/mol. The topological polar surface area (TPSA) is 65.4 Å². The number of benzene rings is 2. The minimum absolute atomic E-state index is 0.0476. The van der Waals surface area contributed by atoms with Gasteiger partial charge in [-0.05, 0) is 42.3 Å². The normalized spacial score (nSPS) is 10.7. The number of hydrogen-bond donors (Lipinski definition) is 1. The maximum absolute atomic E-state index is 12.2. The standard InChI is InChI=1S/C19H21N3O3/c1-22-12-21-16-6-5-14(11-15(16)19(22)23)20-9-8-13-4-7-17(24-2)18(10-13)25-3/h4-7,10-12,20H,8-9H2,1-3H3. The lowest BCUT2D eigenvalue weighted by Crippen LogP contribution is -2.17. The lowest BCUT2D eigenvalue weighted by atomic mass is 10.1. The first-order valence-electron chi connectivity index (χ1n) is 8.02. The fourth-order valence-corrected chi connectivity index (χ4v) is 2.71. The van der Waals surface area contributed by atoms with Gasteiger partial charge < -0.3 is 19.4 Å². The Hall–Kier alpha value is -3.02. The molecular weight excluding hydrogens is 318 g/mol. The summed E-state index contributed by atoms with van der Waals surface area (Å²) in [4.78, 5) is 16.4. The van der Waals surface area contributed by atoms with Gasteiger partial charge in [0.05, 0.1) is 31.4 Å². The van der Waals surface area contributed by atoms with Crippen molar-refractivity contribution in [2.75, 3.05) is 26.1 Å². The van der Waals surface area contributed by atoms with Crippen molar-refractivity contribution in [3.05, 3.63) is 58.6 Å². The van der Waals surface area contributed by atoms with E-state index in [0.717, 1.165) is 35.7 Å². The second kappa shape index (κ2) is 7.25. The fraction of sp³-hybridized carbons (Fsp3) is 0.263. The van der Waals surface area contributed by atoms with Gasteiger partial charge in [-0.3, -0.25) is 4.79 Å². The largest absolute Gasteiger partial charge is 0.493 e. The maximum atomic E-state index is 12.2. The zero-order chi connectivity index (χ0) is 17.8. The summed E-state index contributed by atoms with van der Waals surface area (Å²) in [5.41, 5.74) is 2.70. The first kappa shape index (κ1) is 16.8. The molecule has 1 heterocycles. The average molecular weight is 339 g/mol. The van der Waals surface area contributed by atoms with Gasteiger partial charge in [0.25, 0.3) is 5.56 Å². The molecule has 130 valence electrons. The van der Waals surface area contributed by atoms with Crippen molar-refractivity contribution in [3.8, 4) is 11.5 Å². The zero-order valence-corrected chi connectivity index (χ0v) is 14.6. The summed E-state index contributed by atoms with van der Waals surface area (Å²) in [5, 5.41) is 3.96. The summed E-state index contributed by atoms with van der Waals surface area (Å²) in [6.45, 7) is 0.738. The van der Waals surface area contributed by atoms with Crippen LogP contribution in [0.2, 0.25) is 0 Å². The third-order valence-electron chi connectivity index (χ3n) is 4.11. The van der Waals surface area contributed by atoms with Gasteiger partial charge in [0, 0.05) is 19.3 Å². The van der Waals surface area contributed by atoms with E-state index in [0.29, 0.717) is 10.9 Å². The van der Waals surface area contributed by atoms with Crippen molar-refractivity contribution in [1.29, 1.82) is 0 Å². The van der Waals surface area contributed by atoms with Gasteiger partial charge in [0.2, 0.25) is 0 Å². The lowest BCUT2D eigenvalue weighted by molar-refractivity contribution is 0.354. The van der Waals surface area contributed by atoms with E-state index in [4.69, 9.17) is 9.47 Å². The second-order valence-electron chi connectivity index (χ2n) is 5.76. The summed E-state index contributed by atoms with van der Waals surface area (Å²) in [6, 6.07) is 11.5. The Bertz CT molecular complexity index is 950. The number of fused-ring (bicyclic) bond motifs is 1. The molecule has 3 rings (SSSR count). The van der Waals surface area contributed by atoms with E-state index in [1.165, 1.54) is 10.9 Å². The van der Waals surface area contributed by atoms with Crippen LogP contribution in [0.15, 0.2) is 47.5 Å². The predicted molar refractivity (Wildman–Crippen MR) is 98.7 cm³/mol. The van der Waals surface area contributed by atoms with Gasteiger partial charge in [-0.25, -0.2) is 4.98 Å². The average Bonchev–Trinajstić information content (AvgIpc) is 2.65. The van der Waals surface area contributed by atoms with E-state index in [2.05, 4.69) is 10.3 Å². The van der Waals surface area contributed by atoms with Crippen molar-refractivity contribution in [3.63, 3.8) is 0 Å². The molecule has 0 aliphatic heterocycles. The third kappa shape index (κ3) is 3.57. The van der Waals surface area contributed by atoms with Crippen LogP contribution < -0.4 is 20.3 Å². The van der Waals surface area contributed by atoms with Crippen LogP contribution in [0, 0.1) is 0 Å². The Balaban J connectivity index is 1.71. The highest BCUT2D eigenvalue weighted by Gasteiger charge is 2.05. The highest BCUT2D eigenvalue weighted by atomic mass is 16.5.